The summed E-state index contributed by atoms with van der Waals surface area (Å²) < 4.78 is 5.15. The normalized spacial score (nSPS) is 10.8. The van der Waals surface area contributed by atoms with Gasteiger partial charge in [0.25, 0.3) is 0 Å². The molecule has 0 aliphatic carbocycles. The van der Waals surface area contributed by atoms with Gasteiger partial charge in [0.15, 0.2) is 0 Å². The second-order valence-electron chi connectivity index (χ2n) is 6.07. The minimum absolute atomic E-state index is 0.110. The van der Waals surface area contributed by atoms with E-state index in [2.05, 4.69) is 16.0 Å². The van der Waals surface area contributed by atoms with Gasteiger partial charge in [-0.3, -0.25) is 4.79 Å². The third-order valence-electron chi connectivity index (χ3n) is 2.67. The fraction of sp³-hybridized carbons (Fsp3) is 0.500. The molecule has 1 rings (SSSR count). The van der Waals surface area contributed by atoms with Crippen molar-refractivity contribution in [1.82, 2.24) is 5.32 Å². The second-order valence-corrected chi connectivity index (χ2v) is 6.07. The van der Waals surface area contributed by atoms with Crippen LogP contribution in [-0.2, 0) is 9.53 Å². The number of amides is 2. The Bertz CT molecular complexity index is 536. The number of hydrogen-bond donors (Lipinski definition) is 3. The van der Waals surface area contributed by atoms with Gasteiger partial charge in [0, 0.05) is 31.4 Å². The van der Waals surface area contributed by atoms with E-state index in [0.29, 0.717) is 13.1 Å². The van der Waals surface area contributed by atoms with Crippen molar-refractivity contribution in [1.29, 1.82) is 0 Å². The summed E-state index contributed by atoms with van der Waals surface area (Å²) in [7, 11) is 0. The minimum Gasteiger partial charge on any atom is -0.444 e. The van der Waals surface area contributed by atoms with E-state index in [0.717, 1.165) is 16.9 Å². The fourth-order valence-corrected chi connectivity index (χ4v) is 1.77. The Kier molecular flexibility index (Phi) is 6.22. The lowest BCUT2D eigenvalue weighted by molar-refractivity contribution is -0.114. The lowest BCUT2D eigenvalue weighted by Gasteiger charge is -2.20. The van der Waals surface area contributed by atoms with Crippen molar-refractivity contribution in [2.45, 2.75) is 40.2 Å². The first-order valence-electron chi connectivity index (χ1n) is 7.26. The van der Waals surface area contributed by atoms with Crippen LogP contribution in [0.5, 0.6) is 0 Å². The maximum Gasteiger partial charge on any atom is 0.407 e. The van der Waals surface area contributed by atoms with Gasteiger partial charge in [-0.15, -0.1) is 0 Å². The number of benzene rings is 1. The van der Waals surface area contributed by atoms with Gasteiger partial charge in [-0.1, -0.05) is 6.07 Å². The summed E-state index contributed by atoms with van der Waals surface area (Å²) in [5.41, 5.74) is 2.21. The van der Waals surface area contributed by atoms with Crippen molar-refractivity contribution < 1.29 is 14.3 Å². The van der Waals surface area contributed by atoms with Crippen molar-refractivity contribution >= 4 is 23.4 Å². The van der Waals surface area contributed by atoms with Gasteiger partial charge in [0.05, 0.1) is 0 Å². The van der Waals surface area contributed by atoms with E-state index in [1.807, 2.05) is 45.9 Å². The van der Waals surface area contributed by atoms with Gasteiger partial charge in [-0.05, 0) is 45.4 Å². The van der Waals surface area contributed by atoms with Crippen LogP contribution in [-0.4, -0.2) is 30.7 Å². The SMILES string of the molecule is CC(=O)Nc1ccc(C)c(NCCNC(=O)OC(C)(C)C)c1. The monoisotopic (exact) mass is 307 g/mol. The lowest BCUT2D eigenvalue weighted by Crippen LogP contribution is -2.35. The Morgan fingerprint density at radius 2 is 1.86 bits per heavy atom. The van der Waals surface area contributed by atoms with Crippen LogP contribution in [0.15, 0.2) is 18.2 Å². The van der Waals surface area contributed by atoms with Gasteiger partial charge in [0.1, 0.15) is 5.60 Å². The Morgan fingerprint density at radius 3 is 2.45 bits per heavy atom. The second kappa shape index (κ2) is 7.68. The molecule has 6 nitrogen and oxygen atoms in total. The van der Waals surface area contributed by atoms with Gasteiger partial charge in [0.2, 0.25) is 5.91 Å². The molecule has 0 saturated heterocycles. The maximum absolute atomic E-state index is 11.5. The topological polar surface area (TPSA) is 79.5 Å². The summed E-state index contributed by atoms with van der Waals surface area (Å²) in [4.78, 5) is 22.6. The van der Waals surface area contributed by atoms with Gasteiger partial charge >= 0.3 is 6.09 Å². The van der Waals surface area contributed by atoms with Crippen molar-refractivity contribution in [3.05, 3.63) is 23.8 Å². The molecule has 6 heteroatoms. The lowest BCUT2D eigenvalue weighted by atomic mass is 10.1. The van der Waals surface area contributed by atoms with Crippen LogP contribution < -0.4 is 16.0 Å². The highest BCUT2D eigenvalue weighted by molar-refractivity contribution is 5.89. The molecule has 0 bridgehead atoms. The molecule has 22 heavy (non-hydrogen) atoms. The van der Waals surface area contributed by atoms with Crippen LogP contribution in [0.2, 0.25) is 0 Å². The highest BCUT2D eigenvalue weighted by Crippen LogP contribution is 2.19. The third-order valence-corrected chi connectivity index (χ3v) is 2.67. The molecule has 122 valence electrons. The molecule has 1 aromatic carbocycles. The van der Waals surface area contributed by atoms with Crippen LogP contribution in [0.3, 0.4) is 0 Å². The molecular weight excluding hydrogens is 282 g/mol. The van der Waals surface area contributed by atoms with E-state index < -0.39 is 11.7 Å². The van der Waals surface area contributed by atoms with Crippen LogP contribution in [0.1, 0.15) is 33.3 Å². The Morgan fingerprint density at radius 1 is 1.18 bits per heavy atom. The molecule has 3 N–H and O–H groups in total. The van der Waals surface area contributed by atoms with Crippen LogP contribution in [0, 0.1) is 6.92 Å². The molecule has 2 amide bonds. The van der Waals surface area contributed by atoms with E-state index in [1.165, 1.54) is 6.92 Å². The van der Waals surface area contributed by atoms with E-state index in [1.54, 1.807) is 0 Å². The first-order valence-corrected chi connectivity index (χ1v) is 7.26. The highest BCUT2D eigenvalue weighted by Gasteiger charge is 2.15. The van der Waals surface area contributed by atoms with Crippen LogP contribution >= 0.6 is 0 Å². The molecule has 0 atom stereocenters. The van der Waals surface area contributed by atoms with E-state index >= 15 is 0 Å². The molecular formula is C16H25N3O3. The molecule has 0 heterocycles. The molecule has 0 aromatic heterocycles. The van der Waals surface area contributed by atoms with Gasteiger partial charge in [-0.25, -0.2) is 4.79 Å². The quantitative estimate of drug-likeness (QED) is 0.731. The van der Waals surface area contributed by atoms with E-state index in [9.17, 15) is 9.59 Å². The Balaban J connectivity index is 2.44. The maximum atomic E-state index is 11.5. The molecule has 0 spiro atoms. The smallest absolute Gasteiger partial charge is 0.407 e. The van der Waals surface area contributed by atoms with E-state index in [-0.39, 0.29) is 5.91 Å². The molecule has 0 radical (unpaired) electrons. The molecule has 1 aromatic rings. The zero-order valence-corrected chi connectivity index (χ0v) is 13.9. The van der Waals surface area contributed by atoms with Crippen LogP contribution in [0.25, 0.3) is 0 Å². The van der Waals surface area contributed by atoms with Crippen molar-refractivity contribution in [2.75, 3.05) is 23.7 Å². The Hall–Kier alpha value is -2.24. The number of rotatable bonds is 5. The zero-order chi connectivity index (χ0) is 16.8. The first-order chi connectivity index (χ1) is 10.2. The zero-order valence-electron chi connectivity index (χ0n) is 13.9. The van der Waals surface area contributed by atoms with Crippen molar-refractivity contribution in [2.24, 2.45) is 0 Å². The Labute approximate surface area is 131 Å². The summed E-state index contributed by atoms with van der Waals surface area (Å²) in [6, 6.07) is 5.64. The summed E-state index contributed by atoms with van der Waals surface area (Å²) >= 11 is 0. The number of alkyl carbamates (subject to hydrolysis) is 1. The first kappa shape index (κ1) is 17.8. The third kappa shape index (κ3) is 6.97. The number of anilines is 2. The number of carbonyl (C=O) groups is 2. The standard InChI is InChI=1S/C16H25N3O3/c1-11-6-7-13(19-12(2)20)10-14(11)17-8-9-18-15(21)22-16(3,4)5/h6-7,10,17H,8-9H2,1-5H3,(H,18,21)(H,19,20). The number of aryl methyl sites for hydroxylation is 1. The predicted molar refractivity (Wildman–Crippen MR) is 88.2 cm³/mol. The molecule has 0 aliphatic heterocycles. The molecule has 0 unspecified atom stereocenters. The number of ether oxygens (including phenoxy) is 1. The predicted octanol–water partition coefficient (Wildman–Crippen LogP) is 2.89. The summed E-state index contributed by atoms with van der Waals surface area (Å²) in [5, 5.41) is 8.64. The number of carbonyl (C=O) groups excluding carboxylic acids is 2. The fourth-order valence-electron chi connectivity index (χ4n) is 1.77. The molecule has 0 saturated carbocycles. The summed E-state index contributed by atoms with van der Waals surface area (Å²) in [5.74, 6) is -0.110. The highest BCUT2D eigenvalue weighted by atomic mass is 16.6. The summed E-state index contributed by atoms with van der Waals surface area (Å²) in [6.07, 6.45) is -0.432. The average Bonchev–Trinajstić information content (AvgIpc) is 2.35. The largest absolute Gasteiger partial charge is 0.444 e. The molecule has 0 aliphatic rings. The number of hydrogen-bond acceptors (Lipinski definition) is 4. The summed E-state index contributed by atoms with van der Waals surface area (Å²) in [6.45, 7) is 9.91. The van der Waals surface area contributed by atoms with Crippen molar-refractivity contribution in [3.8, 4) is 0 Å². The van der Waals surface area contributed by atoms with Gasteiger partial charge in [-0.2, -0.15) is 0 Å². The minimum atomic E-state index is -0.499. The van der Waals surface area contributed by atoms with Crippen molar-refractivity contribution in [3.63, 3.8) is 0 Å². The van der Waals surface area contributed by atoms with Gasteiger partial charge < -0.3 is 20.7 Å². The molecule has 0 fully saturated rings. The number of nitrogens with one attached hydrogen (secondary N) is 3. The van der Waals surface area contributed by atoms with E-state index in [4.69, 9.17) is 4.74 Å². The average molecular weight is 307 g/mol. The van der Waals surface area contributed by atoms with Crippen LogP contribution in [0.4, 0.5) is 16.2 Å².